The van der Waals surface area contributed by atoms with Crippen molar-refractivity contribution in [3.63, 3.8) is 0 Å². The van der Waals surface area contributed by atoms with Crippen molar-refractivity contribution in [2.75, 3.05) is 16.3 Å². The largest absolute Gasteiger partial charge is 0.426 e. The number of esters is 1. The van der Waals surface area contributed by atoms with E-state index in [2.05, 4.69) is 0 Å². The number of hydrogen-bond acceptors (Lipinski definition) is 5. The van der Waals surface area contributed by atoms with Crippen LogP contribution < -0.4 is 14.5 Å². The minimum atomic E-state index is -0.597. The number of hydrogen-bond donors (Lipinski definition) is 0. The summed E-state index contributed by atoms with van der Waals surface area (Å²) >= 11 is 0. The number of nitrogens with zero attached hydrogens (tertiary/aromatic N) is 2. The van der Waals surface area contributed by atoms with Gasteiger partial charge in [0.2, 0.25) is 17.7 Å². The van der Waals surface area contributed by atoms with Gasteiger partial charge in [0, 0.05) is 24.7 Å². The zero-order chi connectivity index (χ0) is 24.0. The smallest absolute Gasteiger partial charge is 0.316 e. The first-order valence-electron chi connectivity index (χ1n) is 11.6. The molecular formula is C27H26N2O5. The molecule has 0 saturated carbocycles. The molecular weight excluding hydrogens is 432 g/mol. The van der Waals surface area contributed by atoms with Crippen LogP contribution in [0.4, 0.5) is 11.4 Å². The Hall–Kier alpha value is -3.74. The first-order valence-corrected chi connectivity index (χ1v) is 11.6. The van der Waals surface area contributed by atoms with Crippen molar-refractivity contribution in [3.8, 4) is 5.75 Å². The van der Waals surface area contributed by atoms with E-state index in [4.69, 9.17) is 4.74 Å². The molecule has 5 rings (SSSR count). The Bertz CT molecular complexity index is 1210. The Morgan fingerprint density at radius 2 is 1.65 bits per heavy atom. The van der Waals surface area contributed by atoms with Crippen LogP contribution in [-0.4, -0.2) is 30.2 Å². The lowest BCUT2D eigenvalue weighted by atomic mass is 9.85. The average Bonchev–Trinajstić information content (AvgIpc) is 3.33. The Morgan fingerprint density at radius 3 is 2.35 bits per heavy atom. The van der Waals surface area contributed by atoms with E-state index < -0.39 is 11.9 Å². The molecule has 2 saturated heterocycles. The predicted octanol–water partition coefficient (Wildman–Crippen LogP) is 3.72. The second-order valence-corrected chi connectivity index (χ2v) is 9.28. The summed E-state index contributed by atoms with van der Waals surface area (Å²) in [7, 11) is 0. The number of rotatable bonds is 4. The fourth-order valence-electron chi connectivity index (χ4n) is 5.05. The van der Waals surface area contributed by atoms with Gasteiger partial charge in [-0.05, 0) is 56.0 Å². The maximum Gasteiger partial charge on any atom is 0.316 e. The minimum Gasteiger partial charge on any atom is -0.426 e. The van der Waals surface area contributed by atoms with Crippen LogP contribution in [0.25, 0.3) is 0 Å². The number of ether oxygens (including phenoxy) is 1. The lowest BCUT2D eigenvalue weighted by Crippen LogP contribution is -2.31. The van der Waals surface area contributed by atoms with E-state index in [0.717, 1.165) is 16.8 Å². The van der Waals surface area contributed by atoms with Crippen molar-refractivity contribution in [3.05, 3.63) is 65.7 Å². The first-order chi connectivity index (χ1) is 16.3. The Morgan fingerprint density at radius 1 is 0.941 bits per heavy atom. The third kappa shape index (κ3) is 3.81. The molecule has 34 heavy (non-hydrogen) atoms. The monoisotopic (exact) mass is 458 g/mol. The van der Waals surface area contributed by atoms with Gasteiger partial charge in [-0.2, -0.15) is 0 Å². The summed E-state index contributed by atoms with van der Waals surface area (Å²) in [4.78, 5) is 54.2. The first kappa shape index (κ1) is 22.1. The molecule has 0 radical (unpaired) electrons. The SMILES string of the molecule is Cc1ccc(C)c(N2C[C@H](C(=O)Oc3cccc(N4C(=O)[C@H]5CC=CC[C@H]5C4=O)c3)CC2=O)c1. The number of imide groups is 1. The topological polar surface area (TPSA) is 84.0 Å². The summed E-state index contributed by atoms with van der Waals surface area (Å²) in [6.45, 7) is 4.15. The molecule has 2 aromatic rings. The molecule has 0 bridgehead atoms. The highest BCUT2D eigenvalue weighted by Crippen LogP contribution is 2.38. The molecule has 3 aliphatic rings. The fraction of sp³-hybridized carbons (Fsp3) is 0.333. The number of aryl methyl sites for hydroxylation is 2. The van der Waals surface area contributed by atoms with Gasteiger partial charge in [-0.1, -0.05) is 30.4 Å². The summed E-state index contributed by atoms with van der Waals surface area (Å²) in [6, 6.07) is 12.4. The molecule has 1 aliphatic carbocycles. The highest BCUT2D eigenvalue weighted by molar-refractivity contribution is 6.22. The van der Waals surface area contributed by atoms with Gasteiger partial charge in [0.05, 0.1) is 23.4 Å². The average molecular weight is 459 g/mol. The number of anilines is 2. The summed E-state index contributed by atoms with van der Waals surface area (Å²) in [6.07, 6.45) is 5.09. The number of fused-ring (bicyclic) bond motifs is 1. The van der Waals surface area contributed by atoms with Crippen molar-refractivity contribution in [2.45, 2.75) is 33.1 Å². The molecule has 0 spiro atoms. The second-order valence-electron chi connectivity index (χ2n) is 9.28. The summed E-state index contributed by atoms with van der Waals surface area (Å²) < 4.78 is 5.59. The predicted molar refractivity (Wildman–Crippen MR) is 126 cm³/mol. The van der Waals surface area contributed by atoms with Crippen molar-refractivity contribution >= 4 is 35.1 Å². The molecule has 2 fully saturated rings. The molecule has 0 N–H and O–H groups in total. The van der Waals surface area contributed by atoms with Gasteiger partial charge in [0.1, 0.15) is 5.75 Å². The molecule has 0 aromatic heterocycles. The fourth-order valence-corrected chi connectivity index (χ4v) is 5.05. The van der Waals surface area contributed by atoms with Crippen LogP contribution in [0.1, 0.15) is 30.4 Å². The zero-order valence-corrected chi connectivity index (χ0v) is 19.2. The van der Waals surface area contributed by atoms with E-state index in [1.165, 1.54) is 11.0 Å². The van der Waals surface area contributed by atoms with E-state index in [1.54, 1.807) is 23.1 Å². The number of amides is 3. The molecule has 3 atom stereocenters. The maximum atomic E-state index is 12.9. The molecule has 2 heterocycles. The standard InChI is InChI=1S/C27H26N2O5/c1-16-10-11-17(2)23(12-16)28-15-18(13-24(28)30)27(33)34-20-7-5-6-19(14-20)29-25(31)21-8-3-4-9-22(21)26(29)32/h3-7,10-12,14,18,21-22H,8-9,13,15H2,1-2H3/t18-,21-,22+/m1/s1. The van der Waals surface area contributed by atoms with E-state index in [9.17, 15) is 19.2 Å². The highest BCUT2D eigenvalue weighted by atomic mass is 16.5. The van der Waals surface area contributed by atoms with Crippen LogP contribution in [0.3, 0.4) is 0 Å². The van der Waals surface area contributed by atoms with Crippen LogP contribution in [-0.2, 0) is 19.2 Å². The Balaban J connectivity index is 1.30. The molecule has 7 heteroatoms. The highest BCUT2D eigenvalue weighted by Gasteiger charge is 2.48. The van der Waals surface area contributed by atoms with E-state index in [1.807, 2.05) is 44.2 Å². The Kier molecular flexibility index (Phi) is 5.55. The third-order valence-corrected chi connectivity index (χ3v) is 6.92. The lowest BCUT2D eigenvalue weighted by molar-refractivity contribution is -0.139. The number of carbonyl (C=O) groups excluding carboxylic acids is 4. The van der Waals surface area contributed by atoms with Crippen molar-refractivity contribution in [2.24, 2.45) is 17.8 Å². The molecule has 174 valence electrons. The van der Waals surface area contributed by atoms with Gasteiger partial charge in [-0.25, -0.2) is 4.90 Å². The van der Waals surface area contributed by atoms with Crippen molar-refractivity contribution < 1.29 is 23.9 Å². The van der Waals surface area contributed by atoms with Gasteiger partial charge >= 0.3 is 5.97 Å². The zero-order valence-electron chi connectivity index (χ0n) is 19.2. The minimum absolute atomic E-state index is 0.0748. The molecule has 3 amide bonds. The second kappa shape index (κ2) is 8.56. The van der Waals surface area contributed by atoms with Crippen LogP contribution in [0.15, 0.2) is 54.6 Å². The van der Waals surface area contributed by atoms with Gasteiger partial charge in [-0.15, -0.1) is 0 Å². The molecule has 2 aromatic carbocycles. The van der Waals surface area contributed by atoms with Gasteiger partial charge in [-0.3, -0.25) is 19.2 Å². The maximum absolute atomic E-state index is 12.9. The van der Waals surface area contributed by atoms with E-state index in [0.29, 0.717) is 18.5 Å². The van der Waals surface area contributed by atoms with Gasteiger partial charge in [0.25, 0.3) is 0 Å². The summed E-state index contributed by atoms with van der Waals surface area (Å²) in [5.41, 5.74) is 3.22. The number of allylic oxidation sites excluding steroid dienone is 2. The number of carbonyl (C=O) groups is 4. The molecule has 0 unspecified atom stereocenters. The van der Waals surface area contributed by atoms with Crippen molar-refractivity contribution in [1.29, 1.82) is 0 Å². The molecule has 2 aliphatic heterocycles. The third-order valence-electron chi connectivity index (χ3n) is 6.92. The van der Waals surface area contributed by atoms with Crippen molar-refractivity contribution in [1.82, 2.24) is 0 Å². The van der Waals surface area contributed by atoms with Crippen LogP contribution in [0.2, 0.25) is 0 Å². The van der Waals surface area contributed by atoms with Gasteiger partial charge in [0.15, 0.2) is 0 Å². The van der Waals surface area contributed by atoms with E-state index in [-0.39, 0.29) is 48.3 Å². The molecule has 7 nitrogen and oxygen atoms in total. The van der Waals surface area contributed by atoms with E-state index >= 15 is 0 Å². The lowest BCUT2D eigenvalue weighted by Gasteiger charge is -2.19. The normalized spacial score (nSPS) is 24.1. The van der Waals surface area contributed by atoms with Gasteiger partial charge < -0.3 is 9.64 Å². The number of benzene rings is 2. The Labute approximate surface area is 198 Å². The quantitative estimate of drug-likeness (QED) is 0.302. The summed E-state index contributed by atoms with van der Waals surface area (Å²) in [5.74, 6) is -2.06. The van der Waals surface area contributed by atoms with Crippen LogP contribution in [0.5, 0.6) is 5.75 Å². The van der Waals surface area contributed by atoms with Crippen LogP contribution >= 0.6 is 0 Å². The van der Waals surface area contributed by atoms with Crippen LogP contribution in [0, 0.1) is 31.6 Å². The summed E-state index contributed by atoms with van der Waals surface area (Å²) in [5, 5.41) is 0.